The van der Waals surface area contributed by atoms with E-state index in [1.54, 1.807) is 0 Å². The fourth-order valence-electron chi connectivity index (χ4n) is 2.01. The molecule has 0 fully saturated rings. The predicted octanol–water partition coefficient (Wildman–Crippen LogP) is 5.71. The summed E-state index contributed by atoms with van der Waals surface area (Å²) in [5.41, 5.74) is 2.80. The van der Waals surface area contributed by atoms with Gasteiger partial charge in [-0.25, -0.2) is 4.98 Å². The molecule has 0 saturated heterocycles. The number of benzene rings is 2. The molecule has 1 aromatic heterocycles. The molecular weight excluding hydrogens is 289 g/mol. The maximum atomic E-state index is 6.28. The zero-order valence-electron chi connectivity index (χ0n) is 10.6. The molecule has 0 N–H and O–H groups in total. The summed E-state index contributed by atoms with van der Waals surface area (Å²) in [7, 11) is 0. The number of halogens is 2. The third-order valence-electron chi connectivity index (χ3n) is 2.99. The van der Waals surface area contributed by atoms with Crippen LogP contribution in [0.25, 0.3) is 23.1 Å². The Hall–Kier alpha value is -1.83. The van der Waals surface area contributed by atoms with E-state index in [0.29, 0.717) is 10.0 Å². The van der Waals surface area contributed by atoms with Crippen LogP contribution in [0.4, 0.5) is 0 Å². The monoisotopic (exact) mass is 299 g/mol. The SMILES string of the molecule is Clc1ccc2nc(/C=C/c3ccccc3)cc(Cl)c2c1. The minimum Gasteiger partial charge on any atom is -0.248 e. The molecule has 0 aliphatic carbocycles. The third-order valence-corrected chi connectivity index (χ3v) is 3.53. The van der Waals surface area contributed by atoms with Crippen molar-refractivity contribution in [2.24, 2.45) is 0 Å². The number of fused-ring (bicyclic) bond motifs is 1. The Morgan fingerprint density at radius 3 is 2.45 bits per heavy atom. The largest absolute Gasteiger partial charge is 0.248 e. The van der Waals surface area contributed by atoms with Gasteiger partial charge in [0.05, 0.1) is 16.2 Å². The maximum Gasteiger partial charge on any atom is 0.0725 e. The van der Waals surface area contributed by atoms with Crippen LogP contribution in [0.3, 0.4) is 0 Å². The summed E-state index contributed by atoms with van der Waals surface area (Å²) in [6, 6.07) is 17.5. The first-order valence-electron chi connectivity index (χ1n) is 6.21. The van der Waals surface area contributed by atoms with Crippen molar-refractivity contribution in [2.45, 2.75) is 0 Å². The third kappa shape index (κ3) is 2.84. The van der Waals surface area contributed by atoms with Crippen LogP contribution in [0.1, 0.15) is 11.3 Å². The van der Waals surface area contributed by atoms with Crippen LogP contribution in [0.5, 0.6) is 0 Å². The summed E-state index contributed by atoms with van der Waals surface area (Å²) in [4.78, 5) is 4.56. The van der Waals surface area contributed by atoms with E-state index in [4.69, 9.17) is 23.2 Å². The molecule has 2 aromatic carbocycles. The highest BCUT2D eigenvalue weighted by Crippen LogP contribution is 2.26. The molecule has 0 bridgehead atoms. The van der Waals surface area contributed by atoms with Gasteiger partial charge in [0.1, 0.15) is 0 Å². The number of nitrogens with zero attached hydrogens (tertiary/aromatic N) is 1. The molecule has 0 radical (unpaired) electrons. The molecule has 0 spiro atoms. The van der Waals surface area contributed by atoms with Gasteiger partial charge in [-0.05, 0) is 35.9 Å². The number of hydrogen-bond acceptors (Lipinski definition) is 1. The van der Waals surface area contributed by atoms with Gasteiger partial charge in [-0.2, -0.15) is 0 Å². The standard InChI is InChI=1S/C17H11Cl2N/c18-13-7-9-17-15(10-13)16(19)11-14(20-17)8-6-12-4-2-1-3-5-12/h1-11H/b8-6+. The summed E-state index contributed by atoms with van der Waals surface area (Å²) in [6.07, 6.45) is 3.97. The van der Waals surface area contributed by atoms with Crippen molar-refractivity contribution in [3.63, 3.8) is 0 Å². The Bertz CT molecular complexity index is 780. The molecule has 0 aliphatic rings. The van der Waals surface area contributed by atoms with Crippen LogP contribution in [-0.4, -0.2) is 4.98 Å². The summed E-state index contributed by atoms with van der Waals surface area (Å²) in [5, 5.41) is 2.19. The van der Waals surface area contributed by atoms with Gasteiger partial charge in [-0.15, -0.1) is 0 Å². The van der Waals surface area contributed by atoms with Gasteiger partial charge >= 0.3 is 0 Å². The van der Waals surface area contributed by atoms with Crippen LogP contribution in [0, 0.1) is 0 Å². The fourth-order valence-corrected chi connectivity index (χ4v) is 2.44. The summed E-state index contributed by atoms with van der Waals surface area (Å²) < 4.78 is 0. The van der Waals surface area contributed by atoms with Crippen molar-refractivity contribution >= 4 is 46.3 Å². The molecule has 3 rings (SSSR count). The molecule has 0 saturated carbocycles. The van der Waals surface area contributed by atoms with Crippen LogP contribution in [0.2, 0.25) is 10.0 Å². The minimum absolute atomic E-state index is 0.658. The van der Waals surface area contributed by atoms with Gasteiger partial charge in [-0.1, -0.05) is 59.6 Å². The normalized spacial score (nSPS) is 11.3. The summed E-state index contributed by atoms with van der Waals surface area (Å²) >= 11 is 12.3. The van der Waals surface area contributed by atoms with Gasteiger partial charge in [0.2, 0.25) is 0 Å². The van der Waals surface area contributed by atoms with Gasteiger partial charge < -0.3 is 0 Å². The molecular formula is C17H11Cl2N. The Kier molecular flexibility index (Phi) is 3.72. The predicted molar refractivity (Wildman–Crippen MR) is 87.1 cm³/mol. The second-order valence-corrected chi connectivity index (χ2v) is 5.28. The first-order chi connectivity index (χ1) is 9.72. The van der Waals surface area contributed by atoms with Crippen molar-refractivity contribution in [3.8, 4) is 0 Å². The van der Waals surface area contributed by atoms with Crippen molar-refractivity contribution in [1.82, 2.24) is 4.98 Å². The Morgan fingerprint density at radius 1 is 0.850 bits per heavy atom. The zero-order chi connectivity index (χ0) is 13.9. The average molecular weight is 300 g/mol. The van der Waals surface area contributed by atoms with Crippen LogP contribution in [-0.2, 0) is 0 Å². The first kappa shape index (κ1) is 13.2. The van der Waals surface area contributed by atoms with E-state index >= 15 is 0 Å². The first-order valence-corrected chi connectivity index (χ1v) is 6.97. The highest BCUT2D eigenvalue weighted by atomic mass is 35.5. The maximum absolute atomic E-state index is 6.28. The van der Waals surface area contributed by atoms with Crippen molar-refractivity contribution in [2.75, 3.05) is 0 Å². The van der Waals surface area contributed by atoms with E-state index in [1.807, 2.05) is 66.7 Å². The van der Waals surface area contributed by atoms with Crippen LogP contribution >= 0.6 is 23.2 Å². The molecule has 1 nitrogen and oxygen atoms in total. The lowest BCUT2D eigenvalue weighted by Crippen LogP contribution is -1.85. The van der Waals surface area contributed by atoms with E-state index in [2.05, 4.69) is 4.98 Å². The van der Waals surface area contributed by atoms with Gasteiger partial charge in [0.15, 0.2) is 0 Å². The van der Waals surface area contributed by atoms with Gasteiger partial charge in [-0.3, -0.25) is 0 Å². The molecule has 0 aliphatic heterocycles. The van der Waals surface area contributed by atoms with E-state index < -0.39 is 0 Å². The Balaban J connectivity index is 2.01. The lowest BCUT2D eigenvalue weighted by atomic mass is 10.1. The lowest BCUT2D eigenvalue weighted by molar-refractivity contribution is 1.37. The van der Waals surface area contributed by atoms with Crippen molar-refractivity contribution in [3.05, 3.63) is 75.9 Å². The minimum atomic E-state index is 0.658. The van der Waals surface area contributed by atoms with E-state index in [0.717, 1.165) is 22.2 Å². The van der Waals surface area contributed by atoms with Crippen molar-refractivity contribution in [1.29, 1.82) is 0 Å². The van der Waals surface area contributed by atoms with Crippen LogP contribution < -0.4 is 0 Å². The summed E-state index contributed by atoms with van der Waals surface area (Å²) in [6.45, 7) is 0. The number of pyridine rings is 1. The van der Waals surface area contributed by atoms with Crippen molar-refractivity contribution < 1.29 is 0 Å². The second kappa shape index (κ2) is 5.66. The van der Waals surface area contributed by atoms with E-state index in [-0.39, 0.29) is 0 Å². The number of aromatic nitrogens is 1. The zero-order valence-corrected chi connectivity index (χ0v) is 12.1. The molecule has 1 heterocycles. The smallest absolute Gasteiger partial charge is 0.0725 e. The molecule has 20 heavy (non-hydrogen) atoms. The Labute approximate surface area is 127 Å². The fraction of sp³-hybridized carbons (Fsp3) is 0. The number of rotatable bonds is 2. The quantitative estimate of drug-likeness (QED) is 0.590. The molecule has 98 valence electrons. The van der Waals surface area contributed by atoms with Crippen LogP contribution in [0.15, 0.2) is 54.6 Å². The molecule has 0 unspecified atom stereocenters. The molecule has 3 heteroatoms. The highest BCUT2D eigenvalue weighted by molar-refractivity contribution is 6.36. The lowest BCUT2D eigenvalue weighted by Gasteiger charge is -2.03. The molecule has 3 aromatic rings. The summed E-state index contributed by atoms with van der Waals surface area (Å²) in [5.74, 6) is 0. The topological polar surface area (TPSA) is 12.9 Å². The average Bonchev–Trinajstić information content (AvgIpc) is 2.47. The number of hydrogen-bond donors (Lipinski definition) is 0. The van der Waals surface area contributed by atoms with E-state index in [9.17, 15) is 0 Å². The molecule has 0 atom stereocenters. The Morgan fingerprint density at radius 2 is 1.65 bits per heavy atom. The second-order valence-electron chi connectivity index (χ2n) is 4.43. The van der Waals surface area contributed by atoms with Gasteiger partial charge in [0, 0.05) is 10.4 Å². The van der Waals surface area contributed by atoms with E-state index in [1.165, 1.54) is 0 Å². The van der Waals surface area contributed by atoms with Gasteiger partial charge in [0.25, 0.3) is 0 Å². The molecule has 0 amide bonds. The highest BCUT2D eigenvalue weighted by Gasteiger charge is 2.03.